The van der Waals surface area contributed by atoms with Gasteiger partial charge >= 0.3 is 0 Å². The van der Waals surface area contributed by atoms with Crippen molar-refractivity contribution < 1.29 is 0 Å². The molecule has 0 saturated heterocycles. The van der Waals surface area contributed by atoms with E-state index in [1.807, 2.05) is 44.3 Å². The number of aromatic nitrogens is 4. The van der Waals surface area contributed by atoms with Crippen LogP contribution in [0.5, 0.6) is 0 Å². The predicted molar refractivity (Wildman–Crippen MR) is 96.6 cm³/mol. The van der Waals surface area contributed by atoms with Crippen LogP contribution >= 0.6 is 11.3 Å². The molecule has 4 heterocycles. The second-order valence-electron chi connectivity index (χ2n) is 5.96. The first kappa shape index (κ1) is 15.0. The summed E-state index contributed by atoms with van der Waals surface area (Å²) in [5.41, 5.74) is 2.79. The van der Waals surface area contributed by atoms with Gasteiger partial charge in [-0.2, -0.15) is 0 Å². The van der Waals surface area contributed by atoms with Gasteiger partial charge in [-0.05, 0) is 44.0 Å². The van der Waals surface area contributed by atoms with Gasteiger partial charge in [-0.1, -0.05) is 6.07 Å². The van der Waals surface area contributed by atoms with Gasteiger partial charge in [0.05, 0.1) is 11.8 Å². The first-order valence-electron chi connectivity index (χ1n) is 7.79. The number of nitrogens with zero attached hydrogens (tertiary/aromatic N) is 4. The Hall–Kier alpha value is -2.60. The van der Waals surface area contributed by atoms with Gasteiger partial charge in [0, 0.05) is 29.5 Å². The average Bonchev–Trinajstić information content (AvgIpc) is 2.94. The van der Waals surface area contributed by atoms with Crippen LogP contribution in [0.1, 0.15) is 24.2 Å². The van der Waals surface area contributed by atoms with Gasteiger partial charge < -0.3 is 0 Å². The number of fused-ring (bicyclic) bond motifs is 3. The van der Waals surface area contributed by atoms with Crippen LogP contribution in [-0.4, -0.2) is 19.5 Å². The fourth-order valence-electron chi connectivity index (χ4n) is 2.89. The second-order valence-corrected chi connectivity index (χ2v) is 6.96. The third kappa shape index (κ3) is 2.49. The molecule has 4 aromatic rings. The van der Waals surface area contributed by atoms with Gasteiger partial charge in [-0.3, -0.25) is 14.3 Å². The summed E-state index contributed by atoms with van der Waals surface area (Å²) in [7, 11) is 0. The molecule has 1 unspecified atom stereocenters. The lowest BCUT2D eigenvalue weighted by atomic mass is 10.1. The van der Waals surface area contributed by atoms with Crippen molar-refractivity contribution in [2.75, 3.05) is 0 Å². The SMILES string of the molecule is Cc1ccc2c(n1)sc1c(=O)n(C(C)Cc3cccnc3)cnc12. The highest BCUT2D eigenvalue weighted by Crippen LogP contribution is 2.29. The van der Waals surface area contributed by atoms with Crippen molar-refractivity contribution in [3.8, 4) is 0 Å². The molecule has 0 amide bonds. The third-order valence-corrected chi connectivity index (χ3v) is 5.21. The average molecular weight is 336 g/mol. The topological polar surface area (TPSA) is 60.7 Å². The molecule has 0 aliphatic carbocycles. The fourth-order valence-corrected chi connectivity index (χ4v) is 4.00. The Bertz CT molecular complexity index is 1080. The predicted octanol–water partition coefficient (Wildman–Crippen LogP) is 3.51. The first-order chi connectivity index (χ1) is 11.6. The zero-order valence-electron chi connectivity index (χ0n) is 13.4. The van der Waals surface area contributed by atoms with E-state index >= 15 is 0 Å². The van der Waals surface area contributed by atoms with Gasteiger partial charge in [0.15, 0.2) is 0 Å². The van der Waals surface area contributed by atoms with E-state index in [2.05, 4.69) is 15.0 Å². The summed E-state index contributed by atoms with van der Waals surface area (Å²) in [4.78, 5) is 27.0. The summed E-state index contributed by atoms with van der Waals surface area (Å²) in [6, 6.07) is 7.89. The van der Waals surface area contributed by atoms with E-state index in [0.717, 1.165) is 33.4 Å². The Morgan fingerprint density at radius 1 is 1.29 bits per heavy atom. The molecule has 0 N–H and O–H groups in total. The molecule has 6 heteroatoms. The van der Waals surface area contributed by atoms with E-state index in [-0.39, 0.29) is 11.6 Å². The van der Waals surface area contributed by atoms with Crippen molar-refractivity contribution in [3.63, 3.8) is 0 Å². The maximum Gasteiger partial charge on any atom is 0.271 e. The molecule has 0 aliphatic heterocycles. The molecule has 4 rings (SSSR count). The Labute approximate surface area is 142 Å². The van der Waals surface area contributed by atoms with Crippen molar-refractivity contribution in [2.24, 2.45) is 0 Å². The molecule has 5 nitrogen and oxygen atoms in total. The molecule has 120 valence electrons. The fraction of sp³-hybridized carbons (Fsp3) is 0.222. The van der Waals surface area contributed by atoms with Gasteiger partial charge in [0.25, 0.3) is 5.56 Å². The zero-order chi connectivity index (χ0) is 16.7. The first-order valence-corrected chi connectivity index (χ1v) is 8.61. The van der Waals surface area contributed by atoms with Crippen LogP contribution < -0.4 is 5.56 Å². The van der Waals surface area contributed by atoms with Gasteiger partial charge in [-0.15, -0.1) is 11.3 Å². The highest BCUT2D eigenvalue weighted by Gasteiger charge is 2.15. The number of pyridine rings is 2. The summed E-state index contributed by atoms with van der Waals surface area (Å²) >= 11 is 1.42. The smallest absolute Gasteiger partial charge is 0.271 e. The minimum absolute atomic E-state index is 0.00274. The standard InChI is InChI=1S/C18H16N4OS/c1-11-5-6-14-15-16(24-17(14)21-11)18(23)22(10-20-15)12(2)8-13-4-3-7-19-9-13/h3-7,9-10,12H,8H2,1-2H3. The second kappa shape index (κ2) is 5.79. The largest absolute Gasteiger partial charge is 0.295 e. The lowest BCUT2D eigenvalue weighted by molar-refractivity contribution is 0.523. The van der Waals surface area contributed by atoms with Crippen LogP contribution in [0.4, 0.5) is 0 Å². The highest BCUT2D eigenvalue weighted by atomic mass is 32.1. The van der Waals surface area contributed by atoms with E-state index < -0.39 is 0 Å². The number of hydrogen-bond acceptors (Lipinski definition) is 5. The van der Waals surface area contributed by atoms with Crippen LogP contribution in [0.25, 0.3) is 20.4 Å². The lowest BCUT2D eigenvalue weighted by Crippen LogP contribution is -2.24. The van der Waals surface area contributed by atoms with E-state index in [1.54, 1.807) is 17.1 Å². The van der Waals surface area contributed by atoms with Gasteiger partial charge in [-0.25, -0.2) is 9.97 Å². The Morgan fingerprint density at radius 2 is 2.17 bits per heavy atom. The molecular formula is C18H16N4OS. The van der Waals surface area contributed by atoms with Crippen molar-refractivity contribution in [2.45, 2.75) is 26.3 Å². The number of rotatable bonds is 3. The zero-order valence-corrected chi connectivity index (χ0v) is 14.2. The van der Waals surface area contributed by atoms with Gasteiger partial charge in [0.1, 0.15) is 9.53 Å². The van der Waals surface area contributed by atoms with Crippen molar-refractivity contribution >= 4 is 31.8 Å². The molecule has 0 fully saturated rings. The van der Waals surface area contributed by atoms with Crippen molar-refractivity contribution in [1.82, 2.24) is 19.5 Å². The summed E-state index contributed by atoms with van der Waals surface area (Å²) < 4.78 is 2.38. The van der Waals surface area contributed by atoms with Crippen molar-refractivity contribution in [1.29, 1.82) is 0 Å². The lowest BCUT2D eigenvalue weighted by Gasteiger charge is -2.14. The van der Waals surface area contributed by atoms with Crippen LogP contribution in [0, 0.1) is 6.92 Å². The molecule has 0 aromatic carbocycles. The third-order valence-electron chi connectivity index (χ3n) is 4.14. The van der Waals surface area contributed by atoms with E-state index in [9.17, 15) is 4.79 Å². The molecule has 1 atom stereocenters. The Morgan fingerprint density at radius 3 is 2.96 bits per heavy atom. The number of aryl methyl sites for hydroxylation is 1. The summed E-state index contributed by atoms with van der Waals surface area (Å²) in [6.07, 6.45) is 5.97. The normalized spacial score (nSPS) is 12.8. The summed E-state index contributed by atoms with van der Waals surface area (Å²) in [5, 5.41) is 0.949. The molecule has 0 bridgehead atoms. The van der Waals surface area contributed by atoms with Crippen molar-refractivity contribution in [3.05, 3.63) is 64.6 Å². The van der Waals surface area contributed by atoms with E-state index in [1.165, 1.54) is 11.3 Å². The minimum Gasteiger partial charge on any atom is -0.295 e. The van der Waals surface area contributed by atoms with Crippen LogP contribution in [0.3, 0.4) is 0 Å². The minimum atomic E-state index is -0.00274. The number of hydrogen-bond donors (Lipinski definition) is 0. The maximum absolute atomic E-state index is 12.9. The van der Waals surface area contributed by atoms with Crippen LogP contribution in [-0.2, 0) is 6.42 Å². The number of thiophene rings is 1. The molecular weight excluding hydrogens is 320 g/mol. The van der Waals surface area contributed by atoms with Crippen LogP contribution in [0.15, 0.2) is 47.8 Å². The highest BCUT2D eigenvalue weighted by molar-refractivity contribution is 7.25. The molecule has 4 aromatic heterocycles. The monoisotopic (exact) mass is 336 g/mol. The molecule has 0 saturated carbocycles. The van der Waals surface area contributed by atoms with Gasteiger partial charge in [0.2, 0.25) is 0 Å². The summed E-state index contributed by atoms with van der Waals surface area (Å²) in [5.74, 6) is 0. The molecule has 24 heavy (non-hydrogen) atoms. The molecule has 0 spiro atoms. The van der Waals surface area contributed by atoms with E-state index in [0.29, 0.717) is 4.70 Å². The quantitative estimate of drug-likeness (QED) is 0.574. The molecule has 0 radical (unpaired) electrons. The Balaban J connectivity index is 1.81. The Kier molecular flexibility index (Phi) is 3.61. The summed E-state index contributed by atoms with van der Waals surface area (Å²) in [6.45, 7) is 3.98. The maximum atomic E-state index is 12.9. The molecule has 0 aliphatic rings. The van der Waals surface area contributed by atoms with Crippen LogP contribution in [0.2, 0.25) is 0 Å². The van der Waals surface area contributed by atoms with E-state index in [4.69, 9.17) is 0 Å².